The van der Waals surface area contributed by atoms with Crippen molar-refractivity contribution < 1.29 is 18.4 Å². The van der Waals surface area contributed by atoms with Crippen LogP contribution in [0.2, 0.25) is 0 Å². The molecule has 1 aromatic carbocycles. The minimum atomic E-state index is -3.90. The standard InChI is InChI=1S/C13H15N5O7S/c1-26(24,25)15-17-12(20)8-4-10(16-3-2-7(19)6-16)11(18(22)23)5-9(8)14-13(17)21/h4-5,7,15,19H,2-3,6H2,1H3,(H,14,21)/t7-/m0/s1. The van der Waals surface area contributed by atoms with E-state index in [-0.39, 0.29) is 33.5 Å². The number of sulfonamides is 1. The predicted molar refractivity (Wildman–Crippen MR) is 92.5 cm³/mol. The van der Waals surface area contributed by atoms with E-state index in [0.717, 1.165) is 12.3 Å². The number of H-pyrrole nitrogens is 1. The first-order valence-electron chi connectivity index (χ1n) is 7.45. The summed E-state index contributed by atoms with van der Waals surface area (Å²) in [5.41, 5.74) is -2.37. The monoisotopic (exact) mass is 385 g/mol. The van der Waals surface area contributed by atoms with Gasteiger partial charge in [0, 0.05) is 19.2 Å². The van der Waals surface area contributed by atoms with E-state index in [4.69, 9.17) is 0 Å². The number of nitrogens with one attached hydrogen (secondary N) is 2. The van der Waals surface area contributed by atoms with Crippen LogP contribution < -0.4 is 21.0 Å². The van der Waals surface area contributed by atoms with Crippen LogP contribution in [0.15, 0.2) is 21.7 Å². The van der Waals surface area contributed by atoms with Crippen molar-refractivity contribution in [3.8, 4) is 0 Å². The fraction of sp³-hybridized carbons (Fsp3) is 0.385. The van der Waals surface area contributed by atoms with E-state index in [1.807, 2.05) is 0 Å². The molecule has 2 heterocycles. The van der Waals surface area contributed by atoms with Crippen LogP contribution in [0.4, 0.5) is 11.4 Å². The molecule has 0 aliphatic carbocycles. The van der Waals surface area contributed by atoms with Gasteiger partial charge in [0.15, 0.2) is 0 Å². The zero-order chi connectivity index (χ0) is 19.2. The van der Waals surface area contributed by atoms with Gasteiger partial charge in [0.2, 0.25) is 10.0 Å². The Hall–Kier alpha value is -2.93. The Kier molecular flexibility index (Phi) is 4.20. The molecule has 0 amide bonds. The lowest BCUT2D eigenvalue weighted by Gasteiger charge is -2.18. The zero-order valence-corrected chi connectivity index (χ0v) is 14.3. The number of nitrogens with zero attached hydrogens (tertiary/aromatic N) is 3. The number of anilines is 1. The van der Waals surface area contributed by atoms with Crippen molar-refractivity contribution in [1.82, 2.24) is 9.66 Å². The summed E-state index contributed by atoms with van der Waals surface area (Å²) in [5.74, 6) is 0. The second-order valence-electron chi connectivity index (χ2n) is 5.97. The second-order valence-corrected chi connectivity index (χ2v) is 7.69. The summed E-state index contributed by atoms with van der Waals surface area (Å²) in [6.07, 6.45) is 0.542. The van der Waals surface area contributed by atoms with Crippen LogP contribution in [0, 0.1) is 10.1 Å². The third kappa shape index (κ3) is 3.25. The van der Waals surface area contributed by atoms with Gasteiger partial charge in [-0.1, -0.05) is 0 Å². The third-order valence-electron chi connectivity index (χ3n) is 3.95. The van der Waals surface area contributed by atoms with Gasteiger partial charge in [0.25, 0.3) is 11.2 Å². The minimum Gasteiger partial charge on any atom is -0.391 e. The Morgan fingerprint density at radius 1 is 1.38 bits per heavy atom. The smallest absolute Gasteiger partial charge is 0.348 e. The Morgan fingerprint density at radius 3 is 2.62 bits per heavy atom. The van der Waals surface area contributed by atoms with Crippen molar-refractivity contribution in [3.05, 3.63) is 43.1 Å². The molecule has 1 atom stereocenters. The lowest BCUT2D eigenvalue weighted by molar-refractivity contribution is -0.384. The number of rotatable bonds is 4. The number of aliphatic hydroxyl groups is 1. The highest BCUT2D eigenvalue weighted by Gasteiger charge is 2.28. The fourth-order valence-electron chi connectivity index (χ4n) is 2.85. The lowest BCUT2D eigenvalue weighted by atomic mass is 10.1. The highest BCUT2D eigenvalue weighted by atomic mass is 32.2. The Morgan fingerprint density at radius 2 is 2.08 bits per heavy atom. The summed E-state index contributed by atoms with van der Waals surface area (Å²) >= 11 is 0. The van der Waals surface area contributed by atoms with E-state index < -0.39 is 32.3 Å². The molecule has 0 radical (unpaired) electrons. The molecule has 3 rings (SSSR count). The number of benzene rings is 1. The van der Waals surface area contributed by atoms with Crippen LogP contribution in [-0.2, 0) is 10.0 Å². The molecule has 0 unspecified atom stereocenters. The van der Waals surface area contributed by atoms with Crippen molar-refractivity contribution in [3.63, 3.8) is 0 Å². The van der Waals surface area contributed by atoms with Crippen LogP contribution in [0.1, 0.15) is 6.42 Å². The molecule has 1 saturated heterocycles. The number of hydrogen-bond acceptors (Lipinski definition) is 8. The van der Waals surface area contributed by atoms with E-state index in [0.29, 0.717) is 13.0 Å². The molecule has 26 heavy (non-hydrogen) atoms. The molecule has 0 spiro atoms. The lowest BCUT2D eigenvalue weighted by Crippen LogP contribution is -2.43. The molecule has 0 bridgehead atoms. The van der Waals surface area contributed by atoms with E-state index >= 15 is 0 Å². The summed E-state index contributed by atoms with van der Waals surface area (Å²) in [4.78, 5) is 40.8. The molecule has 1 aliphatic heterocycles. The summed E-state index contributed by atoms with van der Waals surface area (Å²) in [6.45, 7) is 0.512. The van der Waals surface area contributed by atoms with Crippen molar-refractivity contribution in [2.24, 2.45) is 0 Å². The topological polar surface area (TPSA) is 168 Å². The van der Waals surface area contributed by atoms with Crippen LogP contribution >= 0.6 is 0 Å². The molecular weight excluding hydrogens is 370 g/mol. The van der Waals surface area contributed by atoms with Crippen LogP contribution in [0.25, 0.3) is 10.9 Å². The first kappa shape index (κ1) is 17.9. The van der Waals surface area contributed by atoms with Crippen LogP contribution in [-0.4, -0.2) is 53.6 Å². The maximum Gasteiger partial charge on any atom is 0.348 e. The van der Waals surface area contributed by atoms with Gasteiger partial charge in [-0.2, -0.15) is 4.68 Å². The molecule has 140 valence electrons. The average Bonchev–Trinajstić information content (AvgIpc) is 2.96. The maximum absolute atomic E-state index is 12.5. The van der Waals surface area contributed by atoms with Gasteiger partial charge >= 0.3 is 5.69 Å². The Labute approximate surface area is 145 Å². The fourth-order valence-corrected chi connectivity index (χ4v) is 3.35. The molecule has 1 fully saturated rings. The number of aromatic nitrogens is 2. The molecule has 0 saturated carbocycles. The van der Waals surface area contributed by atoms with Gasteiger partial charge in [0.1, 0.15) is 5.69 Å². The van der Waals surface area contributed by atoms with Gasteiger partial charge in [-0.05, 0) is 12.5 Å². The van der Waals surface area contributed by atoms with Crippen LogP contribution in [0.3, 0.4) is 0 Å². The van der Waals surface area contributed by atoms with E-state index in [9.17, 15) is 33.2 Å². The number of hydrogen-bond donors (Lipinski definition) is 3. The second kappa shape index (κ2) is 6.10. The number of β-amino-alcohol motifs (C(OH)–C–C–N with tert-alkyl or cyclic N) is 1. The first-order chi connectivity index (χ1) is 12.1. The summed E-state index contributed by atoms with van der Waals surface area (Å²) in [6, 6.07) is 2.26. The van der Waals surface area contributed by atoms with Gasteiger partial charge in [-0.3, -0.25) is 14.9 Å². The highest BCUT2D eigenvalue weighted by Crippen LogP contribution is 2.33. The van der Waals surface area contributed by atoms with E-state index in [1.54, 1.807) is 9.73 Å². The van der Waals surface area contributed by atoms with Crippen molar-refractivity contribution in [1.29, 1.82) is 0 Å². The third-order valence-corrected chi connectivity index (χ3v) is 4.46. The average molecular weight is 385 g/mol. The summed E-state index contributed by atoms with van der Waals surface area (Å²) in [7, 11) is -3.90. The van der Waals surface area contributed by atoms with Gasteiger partial charge in [-0.25, -0.2) is 18.0 Å². The van der Waals surface area contributed by atoms with E-state index in [1.165, 1.54) is 6.07 Å². The Bertz CT molecular complexity index is 1120. The number of nitro groups is 1. The molecule has 1 aliphatic rings. The minimum absolute atomic E-state index is 0.0956. The number of aliphatic hydroxyl groups excluding tert-OH is 1. The van der Waals surface area contributed by atoms with E-state index in [2.05, 4.69) is 4.98 Å². The van der Waals surface area contributed by atoms with Crippen molar-refractivity contribution in [2.45, 2.75) is 12.5 Å². The van der Waals surface area contributed by atoms with Gasteiger partial charge in [0.05, 0.1) is 28.2 Å². The Balaban J connectivity index is 2.28. The quantitative estimate of drug-likeness (QED) is 0.430. The summed E-state index contributed by atoms with van der Waals surface area (Å²) < 4.78 is 23.0. The van der Waals surface area contributed by atoms with Crippen molar-refractivity contribution >= 4 is 32.3 Å². The zero-order valence-electron chi connectivity index (χ0n) is 13.5. The number of fused-ring (bicyclic) bond motifs is 1. The molecule has 2 aromatic rings. The molecule has 12 nitrogen and oxygen atoms in total. The van der Waals surface area contributed by atoms with Crippen molar-refractivity contribution in [2.75, 3.05) is 29.1 Å². The van der Waals surface area contributed by atoms with Gasteiger partial charge < -0.3 is 15.0 Å². The first-order valence-corrected chi connectivity index (χ1v) is 9.34. The summed E-state index contributed by atoms with van der Waals surface area (Å²) in [5, 5.41) is 20.9. The van der Waals surface area contributed by atoms with Crippen LogP contribution in [0.5, 0.6) is 0 Å². The normalized spacial score (nSPS) is 17.6. The number of nitro benzene ring substituents is 1. The molecular formula is C13H15N5O7S. The predicted octanol–water partition coefficient (Wildman–Crippen LogP) is -1.33. The highest BCUT2D eigenvalue weighted by molar-refractivity contribution is 7.91. The SMILES string of the molecule is CS(=O)(=O)Nn1c(=O)[nH]c2cc([N+](=O)[O-])c(N3CC[C@H](O)C3)cc2c1=O. The van der Waals surface area contributed by atoms with Gasteiger partial charge in [-0.15, -0.1) is 0 Å². The molecule has 3 N–H and O–H groups in total. The molecule has 13 heteroatoms. The largest absolute Gasteiger partial charge is 0.391 e. The molecule has 1 aromatic heterocycles. The number of aromatic amines is 1. The maximum atomic E-state index is 12.5.